The van der Waals surface area contributed by atoms with E-state index in [2.05, 4.69) is 16.5 Å². The SMILES string of the molecule is CN1CCCC(CCCn2c(COc3ccc(Cl)cc3Cl)nc3cc(Cl)c(Cl)cc32)C1. The molecule has 166 valence electrons. The Kier molecular flexibility index (Phi) is 7.56. The van der Waals surface area contributed by atoms with E-state index in [9.17, 15) is 0 Å². The number of fused-ring (bicyclic) bond motifs is 1. The number of halogens is 4. The molecule has 1 fully saturated rings. The fourth-order valence-electron chi connectivity index (χ4n) is 4.31. The molecule has 1 atom stereocenters. The summed E-state index contributed by atoms with van der Waals surface area (Å²) < 4.78 is 8.16. The van der Waals surface area contributed by atoms with E-state index in [1.54, 1.807) is 18.2 Å². The molecule has 1 aliphatic rings. The third-order valence-electron chi connectivity index (χ3n) is 5.84. The van der Waals surface area contributed by atoms with Gasteiger partial charge >= 0.3 is 0 Å². The number of ether oxygens (including phenoxy) is 1. The summed E-state index contributed by atoms with van der Waals surface area (Å²) in [5, 5.41) is 2.07. The molecule has 1 aromatic heterocycles. The van der Waals surface area contributed by atoms with E-state index < -0.39 is 0 Å². The molecular weight excluding hydrogens is 476 g/mol. The van der Waals surface area contributed by atoms with Crippen LogP contribution in [0.15, 0.2) is 30.3 Å². The molecule has 1 aliphatic heterocycles. The van der Waals surface area contributed by atoms with E-state index >= 15 is 0 Å². The van der Waals surface area contributed by atoms with E-state index in [-0.39, 0.29) is 6.61 Å². The summed E-state index contributed by atoms with van der Waals surface area (Å²) >= 11 is 24.8. The first kappa shape index (κ1) is 23.0. The lowest BCUT2D eigenvalue weighted by Crippen LogP contribution is -2.32. The van der Waals surface area contributed by atoms with Crippen molar-refractivity contribution in [3.8, 4) is 5.75 Å². The lowest BCUT2D eigenvalue weighted by atomic mass is 9.94. The van der Waals surface area contributed by atoms with Crippen LogP contribution in [0, 0.1) is 5.92 Å². The fourth-order valence-corrected chi connectivity index (χ4v) is 5.09. The largest absolute Gasteiger partial charge is 0.484 e. The number of nitrogens with zero attached hydrogens (tertiary/aromatic N) is 3. The molecule has 31 heavy (non-hydrogen) atoms. The first-order chi connectivity index (χ1) is 14.9. The highest BCUT2D eigenvalue weighted by Gasteiger charge is 2.18. The van der Waals surface area contributed by atoms with Crippen LogP contribution in [0.3, 0.4) is 0 Å². The summed E-state index contributed by atoms with van der Waals surface area (Å²) in [5.41, 5.74) is 1.78. The molecule has 1 unspecified atom stereocenters. The average molecular weight is 501 g/mol. The molecule has 4 nitrogen and oxygen atoms in total. The van der Waals surface area contributed by atoms with Crippen molar-refractivity contribution in [3.63, 3.8) is 0 Å². The summed E-state index contributed by atoms with van der Waals surface area (Å²) in [7, 11) is 2.21. The van der Waals surface area contributed by atoms with Crippen LogP contribution in [0.2, 0.25) is 20.1 Å². The molecule has 3 aromatic rings. The number of hydrogen-bond acceptors (Lipinski definition) is 3. The fraction of sp³-hybridized carbons (Fsp3) is 0.435. The van der Waals surface area contributed by atoms with Crippen LogP contribution >= 0.6 is 46.4 Å². The van der Waals surface area contributed by atoms with Crippen molar-refractivity contribution in [1.29, 1.82) is 0 Å². The normalized spacial score (nSPS) is 17.4. The van der Waals surface area contributed by atoms with Crippen LogP contribution in [-0.2, 0) is 13.2 Å². The number of benzene rings is 2. The second-order valence-electron chi connectivity index (χ2n) is 8.21. The van der Waals surface area contributed by atoms with Crippen LogP contribution in [0.25, 0.3) is 11.0 Å². The van der Waals surface area contributed by atoms with Gasteiger partial charge in [-0.1, -0.05) is 46.4 Å². The molecule has 2 heterocycles. The summed E-state index contributed by atoms with van der Waals surface area (Å²) in [4.78, 5) is 7.20. The molecule has 0 bridgehead atoms. The third kappa shape index (κ3) is 5.61. The molecule has 0 N–H and O–H groups in total. The standard InChI is InChI=1S/C23H25Cl4N3O/c1-29-8-2-4-15(13-29)5-3-9-30-21-12-18(26)17(25)11-20(21)28-23(30)14-31-22-7-6-16(24)10-19(22)27/h6-7,10-12,15H,2-5,8-9,13-14H2,1H3. The zero-order chi connectivity index (χ0) is 22.0. The highest BCUT2D eigenvalue weighted by atomic mass is 35.5. The van der Waals surface area contributed by atoms with Gasteiger partial charge in [-0.25, -0.2) is 4.98 Å². The van der Waals surface area contributed by atoms with Crippen molar-refractivity contribution >= 4 is 57.4 Å². The first-order valence-corrected chi connectivity index (χ1v) is 12.0. The molecule has 2 aromatic carbocycles. The minimum Gasteiger partial charge on any atom is -0.484 e. The van der Waals surface area contributed by atoms with Gasteiger partial charge in [-0.3, -0.25) is 0 Å². The highest BCUT2D eigenvalue weighted by molar-refractivity contribution is 6.42. The molecule has 0 saturated carbocycles. The Balaban J connectivity index is 1.53. The molecule has 8 heteroatoms. The monoisotopic (exact) mass is 499 g/mol. The predicted octanol–water partition coefficient (Wildman–Crippen LogP) is 7.35. The Morgan fingerprint density at radius 2 is 1.87 bits per heavy atom. The number of imidazole rings is 1. The van der Waals surface area contributed by atoms with E-state index in [1.165, 1.54) is 32.4 Å². The van der Waals surface area contributed by atoms with Gasteiger partial charge < -0.3 is 14.2 Å². The molecule has 0 aliphatic carbocycles. The summed E-state index contributed by atoms with van der Waals surface area (Å²) in [6.45, 7) is 3.52. The topological polar surface area (TPSA) is 30.3 Å². The summed E-state index contributed by atoms with van der Waals surface area (Å²) in [6, 6.07) is 8.89. The zero-order valence-corrected chi connectivity index (χ0v) is 20.4. The maximum Gasteiger partial charge on any atom is 0.148 e. The Labute approximate surface area is 203 Å². The average Bonchev–Trinajstić information content (AvgIpc) is 3.04. The van der Waals surface area contributed by atoms with Crippen LogP contribution in [-0.4, -0.2) is 34.6 Å². The molecule has 4 rings (SSSR count). The molecule has 0 radical (unpaired) electrons. The molecule has 0 amide bonds. The Hall–Kier alpha value is -1.17. The zero-order valence-electron chi connectivity index (χ0n) is 17.4. The van der Waals surface area contributed by atoms with Gasteiger partial charge in [0.2, 0.25) is 0 Å². The van der Waals surface area contributed by atoms with Crippen molar-refractivity contribution < 1.29 is 4.74 Å². The van der Waals surface area contributed by atoms with Gasteiger partial charge in [0.15, 0.2) is 0 Å². The lowest BCUT2D eigenvalue weighted by molar-refractivity contribution is 0.198. The second kappa shape index (κ2) is 10.2. The van der Waals surface area contributed by atoms with Gasteiger partial charge in [0.1, 0.15) is 18.2 Å². The number of hydrogen-bond donors (Lipinski definition) is 0. The van der Waals surface area contributed by atoms with Crippen LogP contribution < -0.4 is 4.74 Å². The maximum atomic E-state index is 6.31. The van der Waals surface area contributed by atoms with Gasteiger partial charge in [-0.05, 0) is 75.5 Å². The third-order valence-corrected chi connectivity index (χ3v) is 7.09. The predicted molar refractivity (Wildman–Crippen MR) is 130 cm³/mol. The van der Waals surface area contributed by atoms with E-state index in [0.29, 0.717) is 25.8 Å². The minimum atomic E-state index is 0.289. The second-order valence-corrected chi connectivity index (χ2v) is 9.87. The van der Waals surface area contributed by atoms with Gasteiger partial charge in [0.05, 0.1) is 26.1 Å². The van der Waals surface area contributed by atoms with Crippen molar-refractivity contribution in [3.05, 3.63) is 56.2 Å². The van der Waals surface area contributed by atoms with Crippen molar-refractivity contribution in [1.82, 2.24) is 14.5 Å². The molecule has 1 saturated heterocycles. The Morgan fingerprint density at radius 1 is 1.06 bits per heavy atom. The summed E-state index contributed by atoms with van der Waals surface area (Å²) in [5.74, 6) is 2.14. The van der Waals surface area contributed by atoms with E-state index in [1.807, 2.05) is 12.1 Å². The van der Waals surface area contributed by atoms with Crippen LogP contribution in [0.4, 0.5) is 0 Å². The van der Waals surface area contributed by atoms with Crippen molar-refractivity contribution in [2.45, 2.75) is 38.8 Å². The Morgan fingerprint density at radius 3 is 2.65 bits per heavy atom. The number of aromatic nitrogens is 2. The first-order valence-electron chi connectivity index (χ1n) is 10.5. The van der Waals surface area contributed by atoms with Gasteiger partial charge in [-0.15, -0.1) is 0 Å². The van der Waals surface area contributed by atoms with Crippen molar-refractivity contribution in [2.24, 2.45) is 5.92 Å². The van der Waals surface area contributed by atoms with Gasteiger partial charge in [0, 0.05) is 18.1 Å². The lowest BCUT2D eigenvalue weighted by Gasteiger charge is -2.29. The molecular formula is C23H25Cl4N3O. The van der Waals surface area contributed by atoms with Gasteiger partial charge in [-0.2, -0.15) is 0 Å². The quantitative estimate of drug-likeness (QED) is 0.339. The van der Waals surface area contributed by atoms with Gasteiger partial charge in [0.25, 0.3) is 0 Å². The highest BCUT2D eigenvalue weighted by Crippen LogP contribution is 2.31. The van der Waals surface area contributed by atoms with Crippen molar-refractivity contribution in [2.75, 3.05) is 20.1 Å². The number of aryl methyl sites for hydroxylation is 1. The van der Waals surface area contributed by atoms with Crippen LogP contribution in [0.1, 0.15) is 31.5 Å². The maximum absolute atomic E-state index is 6.31. The summed E-state index contributed by atoms with van der Waals surface area (Å²) in [6.07, 6.45) is 4.85. The number of rotatable bonds is 7. The molecule has 0 spiro atoms. The van der Waals surface area contributed by atoms with Crippen LogP contribution in [0.5, 0.6) is 5.75 Å². The minimum absolute atomic E-state index is 0.289. The smallest absolute Gasteiger partial charge is 0.148 e. The number of piperidine rings is 1. The van der Waals surface area contributed by atoms with E-state index in [4.69, 9.17) is 56.1 Å². The number of likely N-dealkylation sites (tertiary alicyclic amines) is 1. The Bertz CT molecular complexity index is 1070. The van der Waals surface area contributed by atoms with E-state index in [0.717, 1.165) is 35.7 Å².